The first-order chi connectivity index (χ1) is 10.4. The van der Waals surface area contributed by atoms with E-state index in [0.29, 0.717) is 0 Å². The molecule has 106 valence electrons. The summed E-state index contributed by atoms with van der Waals surface area (Å²) in [6.07, 6.45) is 4.70. The lowest BCUT2D eigenvalue weighted by atomic mass is 10.1. The minimum absolute atomic E-state index is 0.897. The van der Waals surface area contributed by atoms with Gasteiger partial charge in [-0.2, -0.15) is 0 Å². The number of hydrogen-bond donors (Lipinski definition) is 1. The fraction of sp³-hybridized carbons (Fsp3) is 0.167. The van der Waals surface area contributed by atoms with Crippen molar-refractivity contribution in [2.45, 2.75) is 6.42 Å². The molecule has 0 amide bonds. The van der Waals surface area contributed by atoms with Gasteiger partial charge in [0.2, 0.25) is 0 Å². The Morgan fingerprint density at radius 3 is 2.71 bits per heavy atom. The van der Waals surface area contributed by atoms with Gasteiger partial charge in [-0.3, -0.25) is 4.98 Å². The van der Waals surface area contributed by atoms with E-state index in [2.05, 4.69) is 40.6 Å². The van der Waals surface area contributed by atoms with Gasteiger partial charge in [0.25, 0.3) is 0 Å². The van der Waals surface area contributed by atoms with Crippen molar-refractivity contribution in [2.24, 2.45) is 0 Å². The van der Waals surface area contributed by atoms with E-state index in [-0.39, 0.29) is 0 Å². The number of nitrogens with zero attached hydrogens (tertiary/aromatic N) is 1. The molecule has 21 heavy (non-hydrogen) atoms. The van der Waals surface area contributed by atoms with Crippen molar-refractivity contribution in [3.05, 3.63) is 66.5 Å². The molecule has 0 radical (unpaired) electrons. The summed E-state index contributed by atoms with van der Waals surface area (Å²) in [7, 11) is 1.69. The third-order valence-electron chi connectivity index (χ3n) is 3.57. The van der Waals surface area contributed by atoms with Crippen LogP contribution in [0, 0.1) is 0 Å². The first-order valence-corrected chi connectivity index (χ1v) is 7.06. The summed E-state index contributed by atoms with van der Waals surface area (Å²) in [6, 6.07) is 16.5. The Kier molecular flexibility index (Phi) is 4.01. The first-order valence-electron chi connectivity index (χ1n) is 7.06. The molecule has 0 spiro atoms. The zero-order valence-corrected chi connectivity index (χ0v) is 12.0. The second-order valence-electron chi connectivity index (χ2n) is 4.93. The van der Waals surface area contributed by atoms with E-state index in [0.717, 1.165) is 29.8 Å². The van der Waals surface area contributed by atoms with Crippen molar-refractivity contribution in [1.29, 1.82) is 0 Å². The predicted molar refractivity (Wildman–Crippen MR) is 86.9 cm³/mol. The molecule has 3 rings (SSSR count). The fourth-order valence-corrected chi connectivity index (χ4v) is 2.41. The molecule has 3 nitrogen and oxygen atoms in total. The minimum atomic E-state index is 0.897. The molecule has 0 unspecified atom stereocenters. The molecule has 0 aliphatic carbocycles. The van der Waals surface area contributed by atoms with Gasteiger partial charge in [0.15, 0.2) is 0 Å². The van der Waals surface area contributed by atoms with Crippen molar-refractivity contribution in [2.75, 3.05) is 19.0 Å². The number of methoxy groups -OCH3 is 1. The minimum Gasteiger partial charge on any atom is -0.497 e. The van der Waals surface area contributed by atoms with E-state index in [1.54, 1.807) is 7.11 Å². The number of fused-ring (bicyclic) bond motifs is 1. The van der Waals surface area contributed by atoms with Gasteiger partial charge in [-0.15, -0.1) is 0 Å². The smallest absolute Gasteiger partial charge is 0.118 e. The topological polar surface area (TPSA) is 34.1 Å². The van der Waals surface area contributed by atoms with Crippen LogP contribution >= 0.6 is 0 Å². The predicted octanol–water partition coefficient (Wildman–Crippen LogP) is 3.90. The molecule has 0 saturated carbocycles. The quantitative estimate of drug-likeness (QED) is 0.768. The lowest BCUT2D eigenvalue weighted by molar-refractivity contribution is 0.414. The molecule has 0 bridgehead atoms. The van der Waals surface area contributed by atoms with Gasteiger partial charge in [-0.25, -0.2) is 0 Å². The SMILES string of the molecule is COc1ccc(CCNc2cccc3cnccc23)cc1. The number of anilines is 1. The van der Waals surface area contributed by atoms with Crippen molar-refractivity contribution >= 4 is 16.5 Å². The highest BCUT2D eigenvalue weighted by Gasteiger charge is 2.00. The molecule has 0 aliphatic rings. The van der Waals surface area contributed by atoms with E-state index in [1.807, 2.05) is 30.6 Å². The van der Waals surface area contributed by atoms with Gasteiger partial charge in [0, 0.05) is 35.4 Å². The molecule has 2 aromatic carbocycles. The highest BCUT2D eigenvalue weighted by molar-refractivity contribution is 5.93. The monoisotopic (exact) mass is 278 g/mol. The van der Waals surface area contributed by atoms with E-state index in [4.69, 9.17) is 4.74 Å². The van der Waals surface area contributed by atoms with Gasteiger partial charge in [0.1, 0.15) is 5.75 Å². The second-order valence-corrected chi connectivity index (χ2v) is 4.93. The lowest BCUT2D eigenvalue weighted by Crippen LogP contribution is -2.05. The molecular formula is C18H18N2O. The number of rotatable bonds is 5. The summed E-state index contributed by atoms with van der Waals surface area (Å²) in [5, 5.41) is 5.88. The van der Waals surface area contributed by atoms with Crippen LogP contribution in [0.4, 0.5) is 5.69 Å². The van der Waals surface area contributed by atoms with Gasteiger partial charge in [-0.1, -0.05) is 24.3 Å². The van der Waals surface area contributed by atoms with Crippen LogP contribution in [0.1, 0.15) is 5.56 Å². The number of nitrogens with one attached hydrogen (secondary N) is 1. The van der Waals surface area contributed by atoms with Crippen LogP contribution in [-0.4, -0.2) is 18.6 Å². The molecular weight excluding hydrogens is 260 g/mol. The van der Waals surface area contributed by atoms with Crippen molar-refractivity contribution in [3.63, 3.8) is 0 Å². The Bertz CT molecular complexity index is 717. The third-order valence-corrected chi connectivity index (χ3v) is 3.57. The number of hydrogen-bond acceptors (Lipinski definition) is 3. The Morgan fingerprint density at radius 2 is 1.90 bits per heavy atom. The zero-order valence-electron chi connectivity index (χ0n) is 12.0. The Balaban J connectivity index is 1.66. The van der Waals surface area contributed by atoms with Crippen molar-refractivity contribution in [1.82, 2.24) is 4.98 Å². The normalized spacial score (nSPS) is 10.5. The zero-order chi connectivity index (χ0) is 14.5. The van der Waals surface area contributed by atoms with Gasteiger partial charge in [-0.05, 0) is 36.2 Å². The second kappa shape index (κ2) is 6.27. The van der Waals surface area contributed by atoms with Crippen LogP contribution < -0.4 is 10.1 Å². The number of benzene rings is 2. The maximum Gasteiger partial charge on any atom is 0.118 e. The number of pyridine rings is 1. The summed E-state index contributed by atoms with van der Waals surface area (Å²) in [4.78, 5) is 4.16. The van der Waals surface area contributed by atoms with E-state index in [9.17, 15) is 0 Å². The van der Waals surface area contributed by atoms with Gasteiger partial charge >= 0.3 is 0 Å². The summed E-state index contributed by atoms with van der Waals surface area (Å²) < 4.78 is 5.17. The number of aromatic nitrogens is 1. The molecule has 3 heteroatoms. The molecule has 1 heterocycles. The summed E-state index contributed by atoms with van der Waals surface area (Å²) >= 11 is 0. The molecule has 0 atom stereocenters. The van der Waals surface area contributed by atoms with Gasteiger partial charge in [0.05, 0.1) is 7.11 Å². The fourth-order valence-electron chi connectivity index (χ4n) is 2.41. The maximum absolute atomic E-state index is 5.17. The molecule has 0 aliphatic heterocycles. The van der Waals surface area contributed by atoms with Crippen LogP contribution in [0.25, 0.3) is 10.8 Å². The molecule has 3 aromatic rings. The Labute approximate surface area is 124 Å². The average molecular weight is 278 g/mol. The third kappa shape index (κ3) is 3.14. The molecule has 0 saturated heterocycles. The van der Waals surface area contributed by atoms with Gasteiger partial charge < -0.3 is 10.1 Å². The van der Waals surface area contributed by atoms with Crippen LogP contribution in [0.5, 0.6) is 5.75 Å². The highest BCUT2D eigenvalue weighted by atomic mass is 16.5. The molecule has 1 N–H and O–H groups in total. The summed E-state index contributed by atoms with van der Waals surface area (Å²) in [5.74, 6) is 0.897. The summed E-state index contributed by atoms with van der Waals surface area (Å²) in [6.45, 7) is 0.897. The Hall–Kier alpha value is -2.55. The van der Waals surface area contributed by atoms with Crippen LogP contribution in [0.3, 0.4) is 0 Å². The summed E-state index contributed by atoms with van der Waals surface area (Å²) in [5.41, 5.74) is 2.45. The number of ether oxygens (including phenoxy) is 1. The first kappa shape index (κ1) is 13.4. The van der Waals surface area contributed by atoms with Crippen LogP contribution in [0.2, 0.25) is 0 Å². The molecule has 0 fully saturated rings. The van der Waals surface area contributed by atoms with Crippen LogP contribution in [0.15, 0.2) is 60.9 Å². The van der Waals surface area contributed by atoms with E-state index in [1.165, 1.54) is 10.9 Å². The standard InChI is InChI=1S/C18H18N2O/c1-21-16-7-5-14(6-8-16)9-12-20-18-4-2-3-15-13-19-11-10-17(15)18/h2-8,10-11,13,20H,9,12H2,1H3. The maximum atomic E-state index is 5.17. The van der Waals surface area contributed by atoms with E-state index >= 15 is 0 Å². The van der Waals surface area contributed by atoms with Crippen LogP contribution in [-0.2, 0) is 6.42 Å². The van der Waals surface area contributed by atoms with Crippen molar-refractivity contribution < 1.29 is 4.74 Å². The lowest BCUT2D eigenvalue weighted by Gasteiger charge is -2.10. The highest BCUT2D eigenvalue weighted by Crippen LogP contribution is 2.22. The molecule has 1 aromatic heterocycles. The van der Waals surface area contributed by atoms with E-state index < -0.39 is 0 Å². The average Bonchev–Trinajstić information content (AvgIpc) is 2.56. The largest absolute Gasteiger partial charge is 0.497 e. The van der Waals surface area contributed by atoms with Crippen molar-refractivity contribution in [3.8, 4) is 5.75 Å². The Morgan fingerprint density at radius 1 is 1.05 bits per heavy atom.